The summed E-state index contributed by atoms with van der Waals surface area (Å²) in [7, 11) is 0. The second kappa shape index (κ2) is 5.33. The van der Waals surface area contributed by atoms with Gasteiger partial charge in [-0.2, -0.15) is 11.3 Å². The number of rotatable bonds is 4. The summed E-state index contributed by atoms with van der Waals surface area (Å²) in [5, 5.41) is 4.40. The van der Waals surface area contributed by atoms with E-state index < -0.39 is 0 Å². The van der Waals surface area contributed by atoms with E-state index in [0.29, 0.717) is 6.04 Å². The molecule has 15 heavy (non-hydrogen) atoms. The molecule has 0 aromatic carbocycles. The quantitative estimate of drug-likeness (QED) is 0.734. The highest BCUT2D eigenvalue weighted by Gasteiger charge is 2.29. The summed E-state index contributed by atoms with van der Waals surface area (Å²) in [4.78, 5) is 2.55. The summed E-state index contributed by atoms with van der Waals surface area (Å²) in [6.45, 7) is 4.71. The van der Waals surface area contributed by atoms with Crippen LogP contribution in [0, 0.1) is 5.92 Å². The van der Waals surface area contributed by atoms with E-state index in [1.165, 1.54) is 31.5 Å². The van der Waals surface area contributed by atoms with Gasteiger partial charge in [0.2, 0.25) is 0 Å². The molecule has 2 atom stereocenters. The van der Waals surface area contributed by atoms with Crippen LogP contribution in [0.2, 0.25) is 0 Å². The number of nitrogens with zero attached hydrogens (tertiary/aromatic N) is 1. The molecule has 84 valence electrons. The first-order valence-electron chi connectivity index (χ1n) is 5.62. The minimum Gasteiger partial charge on any atom is -0.299 e. The first-order valence-corrected chi connectivity index (χ1v) is 7.10. The van der Waals surface area contributed by atoms with Gasteiger partial charge in [-0.3, -0.25) is 4.90 Å². The Bertz CT molecular complexity index is 286. The zero-order chi connectivity index (χ0) is 10.7. The van der Waals surface area contributed by atoms with Gasteiger partial charge in [-0.15, -0.1) is 11.6 Å². The number of thiophene rings is 1. The summed E-state index contributed by atoms with van der Waals surface area (Å²) < 4.78 is 0. The number of likely N-dealkylation sites (tertiary alicyclic amines) is 1. The first-order chi connectivity index (χ1) is 7.31. The van der Waals surface area contributed by atoms with Crippen molar-refractivity contribution in [3.63, 3.8) is 0 Å². The third-order valence-corrected chi connectivity index (χ3v) is 4.47. The second-order valence-corrected chi connectivity index (χ2v) is 5.49. The van der Waals surface area contributed by atoms with Gasteiger partial charge in [0.1, 0.15) is 0 Å². The lowest BCUT2D eigenvalue weighted by molar-refractivity contribution is 0.253. The average molecular weight is 244 g/mol. The van der Waals surface area contributed by atoms with Crippen LogP contribution < -0.4 is 0 Å². The van der Waals surface area contributed by atoms with E-state index in [1.807, 2.05) is 0 Å². The monoisotopic (exact) mass is 243 g/mol. The van der Waals surface area contributed by atoms with Gasteiger partial charge in [-0.1, -0.05) is 6.92 Å². The van der Waals surface area contributed by atoms with Crippen molar-refractivity contribution in [2.75, 3.05) is 19.0 Å². The molecule has 1 nitrogen and oxygen atoms in total. The lowest BCUT2D eigenvalue weighted by atomic mass is 10.0. The van der Waals surface area contributed by atoms with E-state index in [2.05, 4.69) is 28.7 Å². The van der Waals surface area contributed by atoms with Crippen molar-refractivity contribution >= 4 is 22.9 Å². The summed E-state index contributed by atoms with van der Waals surface area (Å²) in [6, 6.07) is 2.82. The Labute approximate surface area is 101 Å². The molecule has 0 aliphatic carbocycles. The standard InChI is InChI=1S/C12H18ClNS/c1-10-2-5-14(12(10)8-13)6-3-11-4-7-15-9-11/h4,7,9-10,12H,2-3,5-6,8H2,1H3. The lowest BCUT2D eigenvalue weighted by Crippen LogP contribution is -2.35. The Morgan fingerprint density at radius 1 is 1.60 bits per heavy atom. The minimum absolute atomic E-state index is 0.602. The van der Waals surface area contributed by atoms with Crippen molar-refractivity contribution in [1.82, 2.24) is 4.90 Å². The van der Waals surface area contributed by atoms with E-state index in [9.17, 15) is 0 Å². The highest BCUT2D eigenvalue weighted by molar-refractivity contribution is 7.07. The third kappa shape index (κ3) is 2.74. The SMILES string of the molecule is CC1CCN(CCc2ccsc2)C1CCl. The fourth-order valence-electron chi connectivity index (χ4n) is 2.32. The molecule has 1 aromatic rings. The van der Waals surface area contributed by atoms with Crippen LogP contribution in [-0.4, -0.2) is 29.9 Å². The lowest BCUT2D eigenvalue weighted by Gasteiger charge is -2.24. The maximum atomic E-state index is 6.02. The summed E-state index contributed by atoms with van der Waals surface area (Å²) in [5.41, 5.74) is 1.47. The summed E-state index contributed by atoms with van der Waals surface area (Å²) in [5.74, 6) is 1.55. The number of hydrogen-bond donors (Lipinski definition) is 0. The van der Waals surface area contributed by atoms with Crippen LogP contribution in [0.15, 0.2) is 16.8 Å². The molecule has 1 fully saturated rings. The number of hydrogen-bond acceptors (Lipinski definition) is 2. The Kier molecular flexibility index (Phi) is 4.06. The Morgan fingerprint density at radius 3 is 3.13 bits per heavy atom. The van der Waals surface area contributed by atoms with Gasteiger partial charge in [0.15, 0.2) is 0 Å². The van der Waals surface area contributed by atoms with E-state index >= 15 is 0 Å². The van der Waals surface area contributed by atoms with Crippen molar-refractivity contribution in [2.24, 2.45) is 5.92 Å². The van der Waals surface area contributed by atoms with Crippen LogP contribution in [-0.2, 0) is 6.42 Å². The molecule has 2 heterocycles. The molecule has 1 aliphatic heterocycles. The largest absolute Gasteiger partial charge is 0.299 e. The van der Waals surface area contributed by atoms with Gasteiger partial charge < -0.3 is 0 Å². The predicted octanol–water partition coefficient (Wildman–Crippen LogP) is 3.24. The molecule has 1 saturated heterocycles. The molecule has 2 unspecified atom stereocenters. The zero-order valence-corrected chi connectivity index (χ0v) is 10.7. The molecule has 0 amide bonds. The minimum atomic E-state index is 0.602. The van der Waals surface area contributed by atoms with Crippen molar-refractivity contribution in [3.05, 3.63) is 22.4 Å². The van der Waals surface area contributed by atoms with Crippen molar-refractivity contribution in [2.45, 2.75) is 25.8 Å². The molecular formula is C12H18ClNS. The van der Waals surface area contributed by atoms with Crippen LogP contribution >= 0.6 is 22.9 Å². The second-order valence-electron chi connectivity index (χ2n) is 4.41. The molecule has 0 bridgehead atoms. The molecule has 1 aliphatic rings. The molecule has 0 N–H and O–H groups in total. The van der Waals surface area contributed by atoms with Crippen molar-refractivity contribution in [3.8, 4) is 0 Å². The highest BCUT2D eigenvalue weighted by atomic mass is 35.5. The molecule has 3 heteroatoms. The Hall–Kier alpha value is -0.0500. The number of halogens is 1. The van der Waals surface area contributed by atoms with Crippen LogP contribution in [0.5, 0.6) is 0 Å². The smallest absolute Gasteiger partial charge is 0.0382 e. The van der Waals surface area contributed by atoms with Gasteiger partial charge in [0.05, 0.1) is 0 Å². The average Bonchev–Trinajstić information content (AvgIpc) is 2.84. The van der Waals surface area contributed by atoms with Crippen molar-refractivity contribution < 1.29 is 0 Å². The first kappa shape index (κ1) is 11.4. The maximum Gasteiger partial charge on any atom is 0.0382 e. The third-order valence-electron chi connectivity index (χ3n) is 3.42. The van der Waals surface area contributed by atoms with Crippen LogP contribution in [0.25, 0.3) is 0 Å². The fourth-order valence-corrected chi connectivity index (χ4v) is 3.52. The molecule has 0 radical (unpaired) electrons. The highest BCUT2D eigenvalue weighted by Crippen LogP contribution is 2.25. The molecule has 1 aromatic heterocycles. The van der Waals surface area contributed by atoms with Gasteiger partial charge in [-0.25, -0.2) is 0 Å². The summed E-state index contributed by atoms with van der Waals surface area (Å²) >= 11 is 7.80. The van der Waals surface area contributed by atoms with Gasteiger partial charge in [0.25, 0.3) is 0 Å². The maximum absolute atomic E-state index is 6.02. The predicted molar refractivity (Wildman–Crippen MR) is 67.9 cm³/mol. The normalized spacial score (nSPS) is 27.3. The Morgan fingerprint density at radius 2 is 2.47 bits per heavy atom. The topological polar surface area (TPSA) is 3.24 Å². The van der Waals surface area contributed by atoms with Gasteiger partial charge >= 0.3 is 0 Å². The van der Waals surface area contributed by atoms with E-state index in [0.717, 1.165) is 11.8 Å². The fraction of sp³-hybridized carbons (Fsp3) is 0.667. The summed E-state index contributed by atoms with van der Waals surface area (Å²) in [6.07, 6.45) is 2.48. The van der Waals surface area contributed by atoms with Crippen molar-refractivity contribution in [1.29, 1.82) is 0 Å². The molecular weight excluding hydrogens is 226 g/mol. The van der Waals surface area contributed by atoms with E-state index in [1.54, 1.807) is 11.3 Å². The molecule has 2 rings (SSSR count). The van der Waals surface area contributed by atoms with Gasteiger partial charge in [-0.05, 0) is 47.7 Å². The van der Waals surface area contributed by atoms with Crippen LogP contribution in [0.1, 0.15) is 18.9 Å². The van der Waals surface area contributed by atoms with E-state index in [-0.39, 0.29) is 0 Å². The zero-order valence-electron chi connectivity index (χ0n) is 9.16. The van der Waals surface area contributed by atoms with Crippen LogP contribution in [0.3, 0.4) is 0 Å². The molecule has 0 saturated carbocycles. The van der Waals surface area contributed by atoms with Crippen LogP contribution in [0.4, 0.5) is 0 Å². The number of alkyl halides is 1. The van der Waals surface area contributed by atoms with Gasteiger partial charge in [0, 0.05) is 18.5 Å². The molecule has 0 spiro atoms. The van der Waals surface area contributed by atoms with E-state index in [4.69, 9.17) is 11.6 Å². The Balaban J connectivity index is 1.84.